The van der Waals surface area contributed by atoms with Crippen molar-refractivity contribution >= 4 is 23.2 Å². The molecule has 4 heteroatoms. The maximum atomic E-state index is 10.7. The monoisotopic (exact) mass is 214 g/mol. The van der Waals surface area contributed by atoms with Crippen LogP contribution in [0.2, 0.25) is 0 Å². The molecule has 0 aliphatic carbocycles. The van der Waals surface area contributed by atoms with E-state index >= 15 is 0 Å². The van der Waals surface area contributed by atoms with Gasteiger partial charge in [0.05, 0.1) is 5.56 Å². The van der Waals surface area contributed by atoms with Crippen LogP contribution in [0.5, 0.6) is 0 Å². The molecule has 1 N–H and O–H groups in total. The van der Waals surface area contributed by atoms with Gasteiger partial charge in [0, 0.05) is 11.3 Å². The average Bonchev–Trinajstić information content (AvgIpc) is 2.64. The van der Waals surface area contributed by atoms with Crippen molar-refractivity contribution < 1.29 is 19.1 Å². The number of carboxylic acid groups (broad SMARTS) is 1. The van der Waals surface area contributed by atoms with E-state index in [-0.39, 0.29) is 5.76 Å². The van der Waals surface area contributed by atoms with Crippen LogP contribution in [-0.2, 0) is 4.79 Å². The van der Waals surface area contributed by atoms with Crippen molar-refractivity contribution in [2.45, 2.75) is 0 Å². The molecule has 0 amide bonds. The third-order valence-corrected chi connectivity index (χ3v) is 2.02. The van der Waals surface area contributed by atoms with E-state index < -0.39 is 5.97 Å². The molecule has 78 valence electrons. The maximum Gasteiger partial charge on any atom is 0.382 e. The molecule has 1 heterocycles. The fourth-order valence-corrected chi connectivity index (χ4v) is 1.39. The van der Waals surface area contributed by atoms with Gasteiger partial charge in [-0.05, 0) is 12.1 Å². The Morgan fingerprint density at radius 2 is 2.12 bits per heavy atom. The molecule has 1 aromatic heterocycles. The standard InChI is InChI=1S/C12H6O4/c13-7-11-9(5-6-12(14)15)8-3-1-2-4-10(8)16-11/h1-4,7H,(H,14,15). The third-order valence-electron chi connectivity index (χ3n) is 2.02. The average molecular weight is 214 g/mol. The van der Waals surface area contributed by atoms with Crippen molar-refractivity contribution in [2.24, 2.45) is 0 Å². The predicted molar refractivity (Wildman–Crippen MR) is 56.1 cm³/mol. The molecule has 0 radical (unpaired) electrons. The van der Waals surface area contributed by atoms with E-state index in [0.29, 0.717) is 22.8 Å². The number of aldehydes is 1. The number of furan rings is 1. The summed E-state index contributed by atoms with van der Waals surface area (Å²) in [5.74, 6) is 3.18. The minimum Gasteiger partial charge on any atom is -0.472 e. The van der Waals surface area contributed by atoms with Crippen LogP contribution < -0.4 is 0 Å². The van der Waals surface area contributed by atoms with E-state index in [1.54, 1.807) is 24.3 Å². The molecule has 0 unspecified atom stereocenters. The first-order valence-electron chi connectivity index (χ1n) is 4.44. The number of carboxylic acids is 1. The van der Waals surface area contributed by atoms with Gasteiger partial charge < -0.3 is 9.52 Å². The van der Waals surface area contributed by atoms with Crippen LogP contribution in [0.4, 0.5) is 0 Å². The SMILES string of the molecule is O=Cc1oc2ccccc2c1C#CC(=O)O. The summed E-state index contributed by atoms with van der Waals surface area (Å²) in [4.78, 5) is 21.1. The second-order valence-corrected chi connectivity index (χ2v) is 3.01. The van der Waals surface area contributed by atoms with Gasteiger partial charge in [-0.15, -0.1) is 0 Å². The van der Waals surface area contributed by atoms with Gasteiger partial charge in [0.1, 0.15) is 5.58 Å². The summed E-state index contributed by atoms with van der Waals surface area (Å²) >= 11 is 0. The number of para-hydroxylation sites is 1. The van der Waals surface area contributed by atoms with Gasteiger partial charge in [0.25, 0.3) is 0 Å². The Morgan fingerprint density at radius 1 is 1.38 bits per heavy atom. The molecule has 1 aromatic carbocycles. The highest BCUT2D eigenvalue weighted by molar-refractivity contribution is 5.95. The van der Waals surface area contributed by atoms with Crippen LogP contribution in [0.1, 0.15) is 16.1 Å². The quantitative estimate of drug-likeness (QED) is 0.579. The van der Waals surface area contributed by atoms with Crippen molar-refractivity contribution in [3.05, 3.63) is 35.6 Å². The van der Waals surface area contributed by atoms with Crippen molar-refractivity contribution in [1.82, 2.24) is 0 Å². The highest BCUT2D eigenvalue weighted by Gasteiger charge is 2.10. The summed E-state index contributed by atoms with van der Waals surface area (Å²) in [6.45, 7) is 0. The number of benzene rings is 1. The Labute approximate surface area is 90.5 Å². The van der Waals surface area contributed by atoms with E-state index in [0.717, 1.165) is 0 Å². The van der Waals surface area contributed by atoms with E-state index in [4.69, 9.17) is 9.52 Å². The summed E-state index contributed by atoms with van der Waals surface area (Å²) in [5, 5.41) is 9.09. The van der Waals surface area contributed by atoms with Crippen molar-refractivity contribution in [1.29, 1.82) is 0 Å². The molecule has 0 saturated carbocycles. The first-order chi connectivity index (χ1) is 7.72. The van der Waals surface area contributed by atoms with E-state index in [2.05, 4.69) is 5.92 Å². The smallest absolute Gasteiger partial charge is 0.382 e. The predicted octanol–water partition coefficient (Wildman–Crippen LogP) is 1.68. The van der Waals surface area contributed by atoms with Crippen LogP contribution in [0.15, 0.2) is 28.7 Å². The first kappa shape index (κ1) is 9.99. The van der Waals surface area contributed by atoms with Gasteiger partial charge in [-0.25, -0.2) is 4.79 Å². The molecule has 4 nitrogen and oxygen atoms in total. The number of hydrogen-bond acceptors (Lipinski definition) is 3. The van der Waals surface area contributed by atoms with E-state index in [1.807, 2.05) is 5.92 Å². The lowest BCUT2D eigenvalue weighted by Crippen LogP contribution is -1.88. The fraction of sp³-hybridized carbons (Fsp3) is 0. The Hall–Kier alpha value is -2.54. The Balaban J connectivity index is 2.71. The summed E-state index contributed by atoms with van der Waals surface area (Å²) in [5.41, 5.74) is 0.826. The maximum absolute atomic E-state index is 10.7. The van der Waals surface area contributed by atoms with Crippen molar-refractivity contribution in [3.63, 3.8) is 0 Å². The van der Waals surface area contributed by atoms with Crippen LogP contribution in [-0.4, -0.2) is 17.4 Å². The molecule has 0 aliphatic heterocycles. The topological polar surface area (TPSA) is 67.5 Å². The Kier molecular flexibility index (Phi) is 2.44. The van der Waals surface area contributed by atoms with Crippen molar-refractivity contribution in [2.75, 3.05) is 0 Å². The molecule has 2 rings (SSSR count). The van der Waals surface area contributed by atoms with Gasteiger partial charge in [-0.3, -0.25) is 4.79 Å². The lowest BCUT2D eigenvalue weighted by Gasteiger charge is -1.85. The minimum absolute atomic E-state index is 0.0509. The summed E-state index contributed by atoms with van der Waals surface area (Å²) in [7, 11) is 0. The number of rotatable bonds is 1. The number of carbonyl (C=O) groups is 2. The molecule has 0 spiro atoms. The van der Waals surface area contributed by atoms with Crippen LogP contribution in [0.3, 0.4) is 0 Å². The van der Waals surface area contributed by atoms with Gasteiger partial charge in [0.15, 0.2) is 12.0 Å². The second-order valence-electron chi connectivity index (χ2n) is 3.01. The highest BCUT2D eigenvalue weighted by atomic mass is 16.4. The number of fused-ring (bicyclic) bond motifs is 1. The summed E-state index contributed by atoms with van der Waals surface area (Å²) in [6, 6.07) is 6.93. The fourth-order valence-electron chi connectivity index (χ4n) is 1.39. The summed E-state index contributed by atoms with van der Waals surface area (Å²) in [6.07, 6.45) is 0.520. The molecule has 0 atom stereocenters. The zero-order chi connectivity index (χ0) is 11.5. The number of carbonyl (C=O) groups excluding carboxylic acids is 1. The number of hydrogen-bond donors (Lipinski definition) is 1. The van der Waals surface area contributed by atoms with E-state index in [1.165, 1.54) is 0 Å². The van der Waals surface area contributed by atoms with Gasteiger partial charge in [-0.2, -0.15) is 0 Å². The molecule has 2 aromatic rings. The van der Waals surface area contributed by atoms with Crippen LogP contribution in [0.25, 0.3) is 11.0 Å². The second kappa shape index (κ2) is 3.91. The first-order valence-corrected chi connectivity index (χ1v) is 4.44. The molecule has 0 saturated heterocycles. The Morgan fingerprint density at radius 3 is 2.81 bits per heavy atom. The Bertz CT molecular complexity index is 625. The van der Waals surface area contributed by atoms with Gasteiger partial charge >= 0.3 is 5.97 Å². The number of aliphatic carboxylic acids is 1. The highest BCUT2D eigenvalue weighted by Crippen LogP contribution is 2.23. The van der Waals surface area contributed by atoms with Crippen molar-refractivity contribution in [3.8, 4) is 11.8 Å². The lowest BCUT2D eigenvalue weighted by atomic mass is 10.1. The zero-order valence-corrected chi connectivity index (χ0v) is 8.06. The largest absolute Gasteiger partial charge is 0.472 e. The molecule has 0 aliphatic rings. The van der Waals surface area contributed by atoms with Crippen LogP contribution >= 0.6 is 0 Å². The molecule has 0 fully saturated rings. The third kappa shape index (κ3) is 1.66. The molecular formula is C12H6O4. The van der Waals surface area contributed by atoms with Crippen LogP contribution in [0, 0.1) is 11.8 Å². The molecule has 16 heavy (non-hydrogen) atoms. The van der Waals surface area contributed by atoms with E-state index in [9.17, 15) is 9.59 Å². The normalized spacial score (nSPS) is 9.50. The minimum atomic E-state index is -1.25. The zero-order valence-electron chi connectivity index (χ0n) is 8.06. The molecule has 0 bridgehead atoms. The summed E-state index contributed by atoms with van der Waals surface area (Å²) < 4.78 is 5.22. The van der Waals surface area contributed by atoms with Gasteiger partial charge in [-0.1, -0.05) is 18.1 Å². The molecular weight excluding hydrogens is 208 g/mol. The lowest BCUT2D eigenvalue weighted by molar-refractivity contribution is -0.130. The van der Waals surface area contributed by atoms with Gasteiger partial charge in [0.2, 0.25) is 0 Å².